The van der Waals surface area contributed by atoms with Gasteiger partial charge in [0.2, 0.25) is 5.95 Å². The number of anilines is 1. The molecule has 2 aromatic rings. The molecule has 98 valence electrons. The lowest BCUT2D eigenvalue weighted by atomic mass is 10.3. The zero-order valence-electron chi connectivity index (χ0n) is 10.3. The molecule has 2 rings (SSSR count). The third-order valence-corrected chi connectivity index (χ3v) is 4.74. The molecule has 1 heterocycles. The van der Waals surface area contributed by atoms with Crippen molar-refractivity contribution < 1.29 is 0 Å². The number of hydrogen-bond donors (Lipinski definition) is 1. The van der Waals surface area contributed by atoms with E-state index in [-0.39, 0.29) is 0 Å². The van der Waals surface area contributed by atoms with Crippen LogP contribution < -0.4 is 5.73 Å². The number of nitrogen functional groups attached to an aromatic ring is 1. The maximum Gasteiger partial charge on any atom is 0.201 e. The number of benzene rings is 1. The molecule has 1 aromatic heterocycles. The predicted molar refractivity (Wildman–Crippen MR) is 81.8 cm³/mol. The first kappa shape index (κ1) is 13.8. The zero-order chi connectivity index (χ0) is 13.3. The molecule has 0 aliphatic carbocycles. The summed E-state index contributed by atoms with van der Waals surface area (Å²) in [6, 6.07) is 3.58. The van der Waals surface area contributed by atoms with E-state index < -0.39 is 0 Å². The molecule has 0 saturated heterocycles. The quantitative estimate of drug-likeness (QED) is 0.926. The molecule has 0 aliphatic rings. The Hall–Kier alpha value is -0.580. The third-order valence-electron chi connectivity index (χ3n) is 2.98. The van der Waals surface area contributed by atoms with Crippen LogP contribution in [0.25, 0.3) is 11.0 Å². The Morgan fingerprint density at radius 2 is 2.06 bits per heavy atom. The van der Waals surface area contributed by atoms with E-state index in [0.717, 1.165) is 24.0 Å². The van der Waals surface area contributed by atoms with Crippen LogP contribution in [0.15, 0.2) is 12.1 Å². The third kappa shape index (κ3) is 2.71. The van der Waals surface area contributed by atoms with Crippen LogP contribution in [0.4, 0.5) is 5.95 Å². The van der Waals surface area contributed by atoms with Gasteiger partial charge in [0.15, 0.2) is 0 Å². The predicted octanol–water partition coefficient (Wildman–Crippen LogP) is 4.07. The van der Waals surface area contributed by atoms with Crippen molar-refractivity contribution in [2.24, 2.45) is 0 Å². The molecule has 0 spiro atoms. The topological polar surface area (TPSA) is 43.8 Å². The van der Waals surface area contributed by atoms with Crippen LogP contribution in [0.2, 0.25) is 10.0 Å². The van der Waals surface area contributed by atoms with E-state index in [0.29, 0.717) is 21.2 Å². The van der Waals surface area contributed by atoms with Gasteiger partial charge in [0.25, 0.3) is 0 Å². The number of halogens is 2. The first-order valence-electron chi connectivity index (χ1n) is 5.66. The standard InChI is InChI=1S/C12H15Cl2N3S/c1-7(18-2)3-4-17-11-6-9(14)8(13)5-10(11)16-12(17)15/h5-7H,3-4H2,1-2H3,(H2,15,16). The number of rotatable bonds is 4. The largest absolute Gasteiger partial charge is 0.369 e. The van der Waals surface area contributed by atoms with Gasteiger partial charge in [-0.3, -0.25) is 0 Å². The van der Waals surface area contributed by atoms with Crippen molar-refractivity contribution in [2.75, 3.05) is 12.0 Å². The lowest BCUT2D eigenvalue weighted by molar-refractivity contribution is 0.662. The van der Waals surface area contributed by atoms with Crippen LogP contribution in [-0.2, 0) is 6.54 Å². The van der Waals surface area contributed by atoms with Crippen LogP contribution in [0.1, 0.15) is 13.3 Å². The second-order valence-corrected chi connectivity index (χ2v) is 6.30. The summed E-state index contributed by atoms with van der Waals surface area (Å²) < 4.78 is 1.99. The molecule has 2 N–H and O–H groups in total. The minimum Gasteiger partial charge on any atom is -0.369 e. The van der Waals surface area contributed by atoms with Crippen LogP contribution in [0, 0.1) is 0 Å². The molecule has 0 bridgehead atoms. The molecule has 1 aromatic carbocycles. The molecular formula is C12H15Cl2N3S. The molecule has 0 aliphatic heterocycles. The van der Waals surface area contributed by atoms with Crippen molar-refractivity contribution in [3.8, 4) is 0 Å². The van der Waals surface area contributed by atoms with Gasteiger partial charge < -0.3 is 10.3 Å². The average Bonchev–Trinajstić information content (AvgIpc) is 2.62. The Kier molecular flexibility index (Phi) is 4.30. The Bertz CT molecular complexity index is 568. The van der Waals surface area contributed by atoms with Gasteiger partial charge in [0, 0.05) is 11.8 Å². The Labute approximate surface area is 121 Å². The monoisotopic (exact) mass is 303 g/mol. The smallest absolute Gasteiger partial charge is 0.201 e. The van der Waals surface area contributed by atoms with Gasteiger partial charge in [-0.2, -0.15) is 11.8 Å². The van der Waals surface area contributed by atoms with Crippen molar-refractivity contribution in [2.45, 2.75) is 25.1 Å². The highest BCUT2D eigenvalue weighted by molar-refractivity contribution is 7.99. The van der Waals surface area contributed by atoms with Gasteiger partial charge in [-0.1, -0.05) is 30.1 Å². The minimum atomic E-state index is 0.506. The fourth-order valence-corrected chi connectivity index (χ4v) is 2.46. The Morgan fingerprint density at radius 3 is 2.72 bits per heavy atom. The second kappa shape index (κ2) is 5.59. The number of hydrogen-bond acceptors (Lipinski definition) is 3. The molecule has 0 amide bonds. The highest BCUT2D eigenvalue weighted by atomic mass is 35.5. The molecule has 0 saturated carbocycles. The number of aryl methyl sites for hydroxylation is 1. The highest BCUT2D eigenvalue weighted by Crippen LogP contribution is 2.29. The fourth-order valence-electron chi connectivity index (χ4n) is 1.80. The lowest BCUT2D eigenvalue weighted by Gasteiger charge is -2.10. The highest BCUT2D eigenvalue weighted by Gasteiger charge is 2.11. The normalized spacial score (nSPS) is 13.1. The van der Waals surface area contributed by atoms with E-state index in [9.17, 15) is 0 Å². The molecule has 0 radical (unpaired) electrons. The lowest BCUT2D eigenvalue weighted by Crippen LogP contribution is -2.07. The number of fused-ring (bicyclic) bond motifs is 1. The number of nitrogens with zero attached hydrogens (tertiary/aromatic N) is 2. The van der Waals surface area contributed by atoms with Crippen LogP contribution in [-0.4, -0.2) is 21.1 Å². The second-order valence-electron chi connectivity index (χ2n) is 4.21. The number of imidazole rings is 1. The van der Waals surface area contributed by atoms with Gasteiger partial charge in [-0.15, -0.1) is 0 Å². The molecule has 6 heteroatoms. The summed E-state index contributed by atoms with van der Waals surface area (Å²) in [7, 11) is 0. The van der Waals surface area contributed by atoms with E-state index in [4.69, 9.17) is 28.9 Å². The van der Waals surface area contributed by atoms with Crippen molar-refractivity contribution in [1.82, 2.24) is 9.55 Å². The summed E-state index contributed by atoms with van der Waals surface area (Å²) in [5, 5.41) is 1.62. The van der Waals surface area contributed by atoms with Gasteiger partial charge in [0.1, 0.15) is 0 Å². The number of nitrogens with two attached hydrogens (primary N) is 1. The summed E-state index contributed by atoms with van der Waals surface area (Å²) >= 11 is 13.9. The maximum atomic E-state index is 6.04. The molecule has 0 fully saturated rings. The summed E-state index contributed by atoms with van der Waals surface area (Å²) in [5.41, 5.74) is 7.67. The fraction of sp³-hybridized carbons (Fsp3) is 0.417. The minimum absolute atomic E-state index is 0.506. The Morgan fingerprint density at radius 1 is 1.39 bits per heavy atom. The van der Waals surface area contributed by atoms with E-state index in [2.05, 4.69) is 18.2 Å². The first-order chi connectivity index (χ1) is 8.52. The molecule has 1 unspecified atom stereocenters. The van der Waals surface area contributed by atoms with Crippen molar-refractivity contribution in [3.05, 3.63) is 22.2 Å². The van der Waals surface area contributed by atoms with E-state index in [1.54, 1.807) is 6.07 Å². The van der Waals surface area contributed by atoms with Crippen LogP contribution >= 0.6 is 35.0 Å². The molecule has 18 heavy (non-hydrogen) atoms. The van der Waals surface area contributed by atoms with Crippen LogP contribution in [0.3, 0.4) is 0 Å². The van der Waals surface area contributed by atoms with E-state index in [1.807, 2.05) is 22.4 Å². The molecular weight excluding hydrogens is 289 g/mol. The van der Waals surface area contributed by atoms with Crippen LogP contribution in [0.5, 0.6) is 0 Å². The molecule has 3 nitrogen and oxygen atoms in total. The van der Waals surface area contributed by atoms with Gasteiger partial charge >= 0.3 is 0 Å². The van der Waals surface area contributed by atoms with Crippen molar-refractivity contribution in [3.63, 3.8) is 0 Å². The van der Waals surface area contributed by atoms with E-state index in [1.165, 1.54) is 0 Å². The SMILES string of the molecule is CSC(C)CCn1c(N)nc2cc(Cl)c(Cl)cc21. The summed E-state index contributed by atoms with van der Waals surface area (Å²) in [4.78, 5) is 4.31. The maximum absolute atomic E-state index is 6.04. The van der Waals surface area contributed by atoms with Gasteiger partial charge in [0.05, 0.1) is 21.1 Å². The first-order valence-corrected chi connectivity index (χ1v) is 7.71. The summed E-state index contributed by atoms with van der Waals surface area (Å²) in [6.45, 7) is 3.03. The summed E-state index contributed by atoms with van der Waals surface area (Å²) in [5.74, 6) is 0.511. The summed E-state index contributed by atoms with van der Waals surface area (Å²) in [6.07, 6.45) is 3.15. The average molecular weight is 304 g/mol. The van der Waals surface area contributed by atoms with E-state index >= 15 is 0 Å². The van der Waals surface area contributed by atoms with Gasteiger partial charge in [-0.25, -0.2) is 4.98 Å². The number of aromatic nitrogens is 2. The number of thioether (sulfide) groups is 1. The van der Waals surface area contributed by atoms with Crippen molar-refractivity contribution in [1.29, 1.82) is 0 Å². The van der Waals surface area contributed by atoms with Gasteiger partial charge in [-0.05, 0) is 24.8 Å². The zero-order valence-corrected chi connectivity index (χ0v) is 12.6. The van der Waals surface area contributed by atoms with Crippen molar-refractivity contribution >= 4 is 51.9 Å². The Balaban J connectivity index is 2.37. The molecule has 1 atom stereocenters.